The molecule has 0 fully saturated rings. The highest BCUT2D eigenvalue weighted by molar-refractivity contribution is 6.13. The largest absolute Gasteiger partial charge is 0.456 e. The number of aromatic nitrogens is 3. The SMILES string of the molecule is c1ccc(-c2nc(-c3ccccc3)nc(-c3cc(-c4cccc5oc6ccccc6c45)cc4ccccc34)n2)cc1. The van der Waals surface area contributed by atoms with Gasteiger partial charge >= 0.3 is 0 Å². The van der Waals surface area contributed by atoms with Crippen LogP contribution in [0.3, 0.4) is 0 Å². The van der Waals surface area contributed by atoms with E-state index >= 15 is 0 Å². The van der Waals surface area contributed by atoms with Gasteiger partial charge in [0.1, 0.15) is 11.2 Å². The lowest BCUT2D eigenvalue weighted by Gasteiger charge is -2.13. The fourth-order valence-corrected chi connectivity index (χ4v) is 5.60. The molecule has 2 heterocycles. The molecule has 0 aliphatic heterocycles. The Hall–Kier alpha value is -5.61. The first-order valence-corrected chi connectivity index (χ1v) is 13.6. The third-order valence-electron chi connectivity index (χ3n) is 7.52. The predicted molar refractivity (Wildman–Crippen MR) is 166 cm³/mol. The van der Waals surface area contributed by atoms with Crippen molar-refractivity contribution in [3.05, 3.63) is 140 Å². The second-order valence-electron chi connectivity index (χ2n) is 10.1. The molecule has 192 valence electrons. The van der Waals surface area contributed by atoms with E-state index in [0.29, 0.717) is 17.5 Å². The van der Waals surface area contributed by atoms with Crippen LogP contribution in [0.15, 0.2) is 144 Å². The van der Waals surface area contributed by atoms with Crippen LogP contribution in [0.25, 0.3) is 78.0 Å². The molecule has 4 heteroatoms. The van der Waals surface area contributed by atoms with Crippen molar-refractivity contribution in [2.45, 2.75) is 0 Å². The molecule has 2 aromatic heterocycles. The van der Waals surface area contributed by atoms with Crippen LogP contribution in [0.1, 0.15) is 0 Å². The molecular weight excluding hydrogens is 502 g/mol. The van der Waals surface area contributed by atoms with E-state index in [0.717, 1.165) is 60.5 Å². The van der Waals surface area contributed by atoms with E-state index in [1.165, 1.54) is 0 Å². The number of fused-ring (bicyclic) bond motifs is 4. The molecule has 8 aromatic rings. The van der Waals surface area contributed by atoms with Crippen LogP contribution in [-0.2, 0) is 0 Å². The van der Waals surface area contributed by atoms with Crippen molar-refractivity contribution in [3.8, 4) is 45.3 Å². The first-order valence-electron chi connectivity index (χ1n) is 13.6. The molecule has 0 saturated heterocycles. The van der Waals surface area contributed by atoms with Gasteiger partial charge in [0.25, 0.3) is 0 Å². The van der Waals surface area contributed by atoms with Crippen LogP contribution in [0, 0.1) is 0 Å². The molecule has 8 rings (SSSR count). The standard InChI is InChI=1S/C37H23N3O/c1-3-12-24(13-4-1)35-38-36(25-14-5-2-6-15-25)40-37(39-35)31-23-27(22-26-16-7-8-17-28(26)31)29-19-11-21-33-34(29)30-18-9-10-20-32(30)41-33/h1-23H. The van der Waals surface area contributed by atoms with Gasteiger partial charge in [-0.05, 0) is 46.2 Å². The second-order valence-corrected chi connectivity index (χ2v) is 10.1. The summed E-state index contributed by atoms with van der Waals surface area (Å²) in [4.78, 5) is 15.0. The van der Waals surface area contributed by atoms with Gasteiger partial charge in [-0.25, -0.2) is 15.0 Å². The average Bonchev–Trinajstić information content (AvgIpc) is 3.44. The molecule has 0 bridgehead atoms. The molecule has 0 aliphatic carbocycles. The lowest BCUT2D eigenvalue weighted by Crippen LogP contribution is -2.00. The van der Waals surface area contributed by atoms with Crippen molar-refractivity contribution < 1.29 is 4.42 Å². The van der Waals surface area contributed by atoms with Gasteiger partial charge < -0.3 is 4.42 Å². The summed E-state index contributed by atoms with van der Waals surface area (Å²) in [5.74, 6) is 1.93. The quantitative estimate of drug-likeness (QED) is 0.230. The van der Waals surface area contributed by atoms with E-state index in [2.05, 4.69) is 60.7 Å². The Morgan fingerprint density at radius 1 is 0.390 bits per heavy atom. The van der Waals surface area contributed by atoms with Crippen molar-refractivity contribution in [1.29, 1.82) is 0 Å². The van der Waals surface area contributed by atoms with E-state index in [1.54, 1.807) is 0 Å². The van der Waals surface area contributed by atoms with Crippen molar-refractivity contribution in [2.24, 2.45) is 0 Å². The van der Waals surface area contributed by atoms with Crippen molar-refractivity contribution in [2.75, 3.05) is 0 Å². The van der Waals surface area contributed by atoms with Gasteiger partial charge in [0.15, 0.2) is 17.5 Å². The number of hydrogen-bond donors (Lipinski definition) is 0. The molecule has 41 heavy (non-hydrogen) atoms. The van der Waals surface area contributed by atoms with Crippen LogP contribution < -0.4 is 0 Å². The van der Waals surface area contributed by atoms with E-state index < -0.39 is 0 Å². The normalized spacial score (nSPS) is 11.4. The lowest BCUT2D eigenvalue weighted by molar-refractivity contribution is 0.669. The summed E-state index contributed by atoms with van der Waals surface area (Å²) in [6, 6.07) is 47.5. The summed E-state index contributed by atoms with van der Waals surface area (Å²) in [7, 11) is 0. The van der Waals surface area contributed by atoms with E-state index in [-0.39, 0.29) is 0 Å². The molecule has 0 aliphatic rings. The van der Waals surface area contributed by atoms with Gasteiger partial charge in [0, 0.05) is 27.5 Å². The summed E-state index contributed by atoms with van der Waals surface area (Å²) in [5.41, 5.74) is 6.80. The smallest absolute Gasteiger partial charge is 0.164 e. The van der Waals surface area contributed by atoms with Gasteiger partial charge in [-0.15, -0.1) is 0 Å². The molecule has 0 amide bonds. The molecule has 0 N–H and O–H groups in total. The molecule has 0 saturated carbocycles. The van der Waals surface area contributed by atoms with Crippen LogP contribution in [0.2, 0.25) is 0 Å². The number of nitrogens with zero attached hydrogens (tertiary/aromatic N) is 3. The Balaban J connectivity index is 1.42. The van der Waals surface area contributed by atoms with Crippen LogP contribution in [-0.4, -0.2) is 15.0 Å². The zero-order chi connectivity index (χ0) is 27.2. The van der Waals surface area contributed by atoms with E-state index in [1.807, 2.05) is 78.9 Å². The van der Waals surface area contributed by atoms with Crippen molar-refractivity contribution in [1.82, 2.24) is 15.0 Å². The summed E-state index contributed by atoms with van der Waals surface area (Å²) in [6.07, 6.45) is 0. The Labute approximate surface area is 236 Å². The monoisotopic (exact) mass is 525 g/mol. The zero-order valence-corrected chi connectivity index (χ0v) is 22.0. The van der Waals surface area contributed by atoms with Crippen molar-refractivity contribution in [3.63, 3.8) is 0 Å². The van der Waals surface area contributed by atoms with E-state index in [9.17, 15) is 0 Å². The summed E-state index contributed by atoms with van der Waals surface area (Å²) in [6.45, 7) is 0. The van der Waals surface area contributed by atoms with Gasteiger partial charge in [-0.3, -0.25) is 0 Å². The third-order valence-corrected chi connectivity index (χ3v) is 7.52. The van der Waals surface area contributed by atoms with Gasteiger partial charge in [-0.1, -0.05) is 115 Å². The first kappa shape index (κ1) is 23.3. The first-order chi connectivity index (χ1) is 20.3. The van der Waals surface area contributed by atoms with Gasteiger partial charge in [0.2, 0.25) is 0 Å². The van der Waals surface area contributed by atoms with E-state index in [4.69, 9.17) is 19.4 Å². The minimum atomic E-state index is 0.639. The van der Waals surface area contributed by atoms with Gasteiger partial charge in [-0.2, -0.15) is 0 Å². The highest BCUT2D eigenvalue weighted by Crippen LogP contribution is 2.40. The topological polar surface area (TPSA) is 51.8 Å². The summed E-state index contributed by atoms with van der Waals surface area (Å²) >= 11 is 0. The molecule has 6 aromatic carbocycles. The fourth-order valence-electron chi connectivity index (χ4n) is 5.60. The van der Waals surface area contributed by atoms with Crippen LogP contribution >= 0.6 is 0 Å². The molecule has 0 unspecified atom stereocenters. The highest BCUT2D eigenvalue weighted by Gasteiger charge is 2.18. The lowest BCUT2D eigenvalue weighted by atomic mass is 9.94. The second kappa shape index (κ2) is 9.54. The summed E-state index contributed by atoms with van der Waals surface area (Å²) in [5, 5.41) is 4.41. The van der Waals surface area contributed by atoms with Crippen molar-refractivity contribution >= 4 is 32.7 Å². The minimum absolute atomic E-state index is 0.639. The number of furan rings is 1. The zero-order valence-electron chi connectivity index (χ0n) is 22.0. The molecular formula is C37H23N3O. The summed E-state index contributed by atoms with van der Waals surface area (Å²) < 4.78 is 6.21. The number of benzene rings is 6. The maximum Gasteiger partial charge on any atom is 0.164 e. The Bertz CT molecular complexity index is 2140. The number of hydrogen-bond acceptors (Lipinski definition) is 4. The Morgan fingerprint density at radius 2 is 0.976 bits per heavy atom. The maximum absolute atomic E-state index is 6.21. The highest BCUT2D eigenvalue weighted by atomic mass is 16.3. The average molecular weight is 526 g/mol. The molecule has 0 spiro atoms. The number of para-hydroxylation sites is 1. The Kier molecular flexibility index (Phi) is 5.42. The fraction of sp³-hybridized carbons (Fsp3) is 0. The van der Waals surface area contributed by atoms with Crippen LogP contribution in [0.5, 0.6) is 0 Å². The molecule has 0 atom stereocenters. The third kappa shape index (κ3) is 4.05. The predicted octanol–water partition coefficient (Wildman–Crippen LogP) is 9.59. The molecule has 0 radical (unpaired) electrons. The minimum Gasteiger partial charge on any atom is -0.456 e. The Morgan fingerprint density at radius 3 is 1.71 bits per heavy atom. The maximum atomic E-state index is 6.21. The number of rotatable bonds is 4. The molecule has 4 nitrogen and oxygen atoms in total. The van der Waals surface area contributed by atoms with Crippen LogP contribution in [0.4, 0.5) is 0 Å². The van der Waals surface area contributed by atoms with Gasteiger partial charge in [0.05, 0.1) is 0 Å².